The maximum atomic E-state index is 13.5. The van der Waals surface area contributed by atoms with Crippen molar-refractivity contribution in [1.29, 1.82) is 0 Å². The summed E-state index contributed by atoms with van der Waals surface area (Å²) in [6.07, 6.45) is 42.3. The number of phosphoric acid groups is 1. The largest absolute Gasteiger partial charge is 0.511 e. The van der Waals surface area contributed by atoms with Crippen molar-refractivity contribution in [2.24, 2.45) is 26.8 Å². The zero-order valence-corrected chi connectivity index (χ0v) is 59.5. The second kappa shape index (κ2) is 42.1. The SMILES string of the molecule is C=CC1=C(C)C2=NC1=CC1=NC(=CC3=C(C)C4=C(O)CC(=C5NC(=C2)[C@@H](C)[C@@H]5CCC(=O)NCCCCCC(=O)NCCOP(=O)(O)OCC(COC(=O)CCCCCCCCCCCCCCC)OC(=O)CCCCCCCCCCCCCCC)C4=N3)C(CC)=C1C. The van der Waals surface area contributed by atoms with Crippen LogP contribution in [0.3, 0.4) is 0 Å². The number of hydrogen-bond acceptors (Lipinski definition) is 14. The predicted molar refractivity (Wildman–Crippen MR) is 379 cm³/mol. The monoisotopic (exact) mass is 1320 g/mol. The van der Waals surface area contributed by atoms with E-state index in [1.165, 1.54) is 116 Å². The summed E-state index contributed by atoms with van der Waals surface area (Å²) in [7, 11) is -4.65. The third-order valence-electron chi connectivity index (χ3n) is 19.2. The molecule has 6 aliphatic rings. The summed E-state index contributed by atoms with van der Waals surface area (Å²) in [6.45, 7) is 18.3. The summed E-state index contributed by atoms with van der Waals surface area (Å²) >= 11 is 0. The maximum Gasteiger partial charge on any atom is 0.472 e. The Labute approximate surface area is 563 Å². The molecule has 6 rings (SSSR count). The van der Waals surface area contributed by atoms with Crippen molar-refractivity contribution in [3.63, 3.8) is 0 Å². The van der Waals surface area contributed by atoms with Crippen molar-refractivity contribution in [2.75, 3.05) is 32.9 Å². The maximum absolute atomic E-state index is 13.5. The molecule has 0 saturated carbocycles. The molecule has 17 nitrogen and oxygen atoms in total. The van der Waals surface area contributed by atoms with Gasteiger partial charge in [0.1, 0.15) is 12.4 Å². The molecule has 2 unspecified atom stereocenters. The quantitative estimate of drug-likeness (QED) is 0.0217. The number of nitrogens with zero attached hydrogens (tertiary/aromatic N) is 3. The van der Waals surface area contributed by atoms with Crippen LogP contribution < -0.4 is 16.0 Å². The van der Waals surface area contributed by atoms with Gasteiger partial charge in [-0.1, -0.05) is 201 Å². The summed E-state index contributed by atoms with van der Waals surface area (Å²) < 4.78 is 34.5. The first-order valence-electron chi connectivity index (χ1n) is 36.6. The van der Waals surface area contributed by atoms with Crippen molar-refractivity contribution in [1.82, 2.24) is 16.0 Å². The number of carbonyl (C=O) groups is 4. The molecular formula is C76H117N6O11P. The molecule has 5 aliphatic heterocycles. The Morgan fingerprint density at radius 1 is 0.638 bits per heavy atom. The molecule has 2 amide bonds. The molecule has 4 atom stereocenters. The Morgan fingerprint density at radius 3 is 1.77 bits per heavy atom. The number of ether oxygens (including phenoxy) is 2. The van der Waals surface area contributed by atoms with Crippen molar-refractivity contribution in [3.8, 4) is 0 Å². The van der Waals surface area contributed by atoms with Crippen LogP contribution in [0, 0.1) is 11.8 Å². The highest BCUT2D eigenvalue weighted by molar-refractivity contribution is 7.47. The molecular weight excluding hydrogens is 1200 g/mol. The van der Waals surface area contributed by atoms with Gasteiger partial charge in [-0.15, -0.1) is 0 Å². The lowest BCUT2D eigenvalue weighted by atomic mass is 9.86. The van der Waals surface area contributed by atoms with Crippen LogP contribution in [-0.4, -0.2) is 89.9 Å². The molecule has 0 radical (unpaired) electrons. The van der Waals surface area contributed by atoms with E-state index in [9.17, 15) is 33.7 Å². The Bertz CT molecular complexity index is 2990. The van der Waals surface area contributed by atoms with E-state index in [1.54, 1.807) is 0 Å². The molecule has 0 aromatic rings. The van der Waals surface area contributed by atoms with Crippen LogP contribution in [0.25, 0.3) is 0 Å². The molecule has 8 bridgehead atoms. The van der Waals surface area contributed by atoms with Crippen LogP contribution in [0.5, 0.6) is 0 Å². The summed E-state index contributed by atoms with van der Waals surface area (Å²) in [4.78, 5) is 78.0. The van der Waals surface area contributed by atoms with Crippen LogP contribution in [0.15, 0.2) is 119 Å². The van der Waals surface area contributed by atoms with Gasteiger partial charge in [0.2, 0.25) is 11.8 Å². The number of rotatable bonds is 49. The molecule has 1 fully saturated rings. The van der Waals surface area contributed by atoms with Gasteiger partial charge in [-0.2, -0.15) is 0 Å². The number of carbonyl (C=O) groups excluding carboxylic acids is 4. The number of esters is 2. The third kappa shape index (κ3) is 25.4. The van der Waals surface area contributed by atoms with Gasteiger partial charge in [-0.05, 0) is 99.8 Å². The molecule has 5 heterocycles. The third-order valence-corrected chi connectivity index (χ3v) is 20.2. The lowest BCUT2D eigenvalue weighted by molar-refractivity contribution is -0.161. The van der Waals surface area contributed by atoms with E-state index < -0.39 is 32.5 Å². The Kier molecular flexibility index (Phi) is 34.6. The van der Waals surface area contributed by atoms with Gasteiger partial charge in [-0.3, -0.25) is 28.2 Å². The highest BCUT2D eigenvalue weighted by Gasteiger charge is 2.41. The second-order valence-corrected chi connectivity index (χ2v) is 28.1. The number of phosphoric ester groups is 1. The fraction of sp³-hybridized carbons (Fsp3) is 0.671. The number of hydrogen-bond donors (Lipinski definition) is 5. The summed E-state index contributed by atoms with van der Waals surface area (Å²) in [5.41, 5.74) is 13.6. The standard InChI is InChI=1S/C76H117N6O11P/c1-9-13-15-17-19-21-23-25-27-29-31-33-37-41-72(86)90-52-58(93-73(87)42-38-34-32-30-28-26-24-22-20-18-16-14-10-2)53-92-94(88,89)91-47-46-78-70(84)40-36-35-39-45-77-71(85)44-43-61-56(7)65-49-63-54(5)59(11-3)67(79-63)50-64-55(6)60(12-4)68(80-64)51-66-57(8)74-69(83)48-62(75(61)81-65)76(74)82-66/h11,49-51,56,58,61,81,83H,3,9-10,12-48,52-53H2,1-2,4-8H3,(H,77,85)(H,78,84)(H,88,89)/t56-,58?,61-/m0/s1. The smallest absolute Gasteiger partial charge is 0.472 e. The van der Waals surface area contributed by atoms with E-state index in [0.717, 1.165) is 130 Å². The lowest BCUT2D eigenvalue weighted by Gasteiger charge is -2.20. The van der Waals surface area contributed by atoms with Gasteiger partial charge in [0, 0.05) is 85.1 Å². The molecule has 5 N–H and O–H groups in total. The van der Waals surface area contributed by atoms with E-state index in [2.05, 4.69) is 70.1 Å². The first kappa shape index (κ1) is 77.3. The highest BCUT2D eigenvalue weighted by Crippen LogP contribution is 2.47. The average Bonchev–Trinajstić information content (AvgIpc) is 1.59. The van der Waals surface area contributed by atoms with Gasteiger partial charge in [-0.25, -0.2) is 19.5 Å². The summed E-state index contributed by atoms with van der Waals surface area (Å²) in [5, 5.41) is 21.1. The lowest BCUT2D eigenvalue weighted by Crippen LogP contribution is -2.30. The number of aliphatic hydroxyl groups is 1. The van der Waals surface area contributed by atoms with Gasteiger partial charge in [0.05, 0.1) is 47.4 Å². The van der Waals surface area contributed by atoms with E-state index >= 15 is 0 Å². The summed E-state index contributed by atoms with van der Waals surface area (Å²) in [5.74, 6) is -1.03. The van der Waals surface area contributed by atoms with E-state index in [1.807, 2.05) is 25.2 Å². The molecule has 522 valence electrons. The van der Waals surface area contributed by atoms with Crippen LogP contribution in [0.2, 0.25) is 0 Å². The minimum Gasteiger partial charge on any atom is -0.511 e. The number of amides is 2. The van der Waals surface area contributed by atoms with E-state index in [4.69, 9.17) is 33.5 Å². The topological polar surface area (TPSA) is 236 Å². The molecule has 18 heteroatoms. The number of allylic oxidation sites excluding steroid dienone is 12. The molecule has 0 aromatic carbocycles. The first-order chi connectivity index (χ1) is 45.5. The Morgan fingerprint density at radius 2 is 1.17 bits per heavy atom. The minimum atomic E-state index is -4.65. The number of fused-ring (bicyclic) bond motifs is 5. The van der Waals surface area contributed by atoms with Gasteiger partial charge < -0.3 is 35.4 Å². The van der Waals surface area contributed by atoms with Crippen LogP contribution in [0.1, 0.15) is 280 Å². The van der Waals surface area contributed by atoms with Crippen LogP contribution >= 0.6 is 7.82 Å². The number of unbranched alkanes of at least 4 members (excludes halogenated alkanes) is 26. The van der Waals surface area contributed by atoms with Crippen molar-refractivity contribution in [3.05, 3.63) is 104 Å². The van der Waals surface area contributed by atoms with Crippen molar-refractivity contribution >= 4 is 48.7 Å². The van der Waals surface area contributed by atoms with Crippen molar-refractivity contribution < 1.29 is 52.3 Å². The van der Waals surface area contributed by atoms with Crippen LogP contribution in [-0.2, 0) is 42.3 Å². The van der Waals surface area contributed by atoms with E-state index in [0.29, 0.717) is 51.5 Å². The fourth-order valence-electron chi connectivity index (χ4n) is 13.4. The zero-order chi connectivity index (χ0) is 67.7. The van der Waals surface area contributed by atoms with Gasteiger partial charge in [0.25, 0.3) is 0 Å². The fourth-order valence-corrected chi connectivity index (χ4v) is 14.2. The summed E-state index contributed by atoms with van der Waals surface area (Å²) in [6, 6.07) is 0. The normalized spacial score (nSPS) is 18.4. The van der Waals surface area contributed by atoms with Crippen LogP contribution in [0.4, 0.5) is 0 Å². The Balaban J connectivity index is 0.892. The predicted octanol–water partition coefficient (Wildman–Crippen LogP) is 18.0. The molecule has 1 aliphatic carbocycles. The second-order valence-electron chi connectivity index (χ2n) is 26.7. The van der Waals surface area contributed by atoms with E-state index in [-0.39, 0.29) is 74.9 Å². The first-order valence-corrected chi connectivity index (χ1v) is 38.1. The molecule has 0 aromatic heterocycles. The molecule has 1 saturated heterocycles. The number of aliphatic hydroxyl groups excluding tert-OH is 1. The zero-order valence-electron chi connectivity index (χ0n) is 58.6. The van der Waals surface area contributed by atoms with Crippen molar-refractivity contribution in [2.45, 2.75) is 286 Å². The van der Waals surface area contributed by atoms with Gasteiger partial charge in [0.15, 0.2) is 6.10 Å². The Hall–Kier alpha value is -5.74. The number of aliphatic imine (C=N–C) groups is 3. The molecule has 0 spiro atoms. The molecule has 94 heavy (non-hydrogen) atoms. The average molecular weight is 1320 g/mol. The van der Waals surface area contributed by atoms with Gasteiger partial charge >= 0.3 is 19.8 Å². The highest BCUT2D eigenvalue weighted by atomic mass is 31.2. The minimum absolute atomic E-state index is 0.00516. The number of nitrogens with one attached hydrogen (secondary N) is 3.